The number of carboxylic acids is 1. The van der Waals surface area contributed by atoms with Crippen molar-refractivity contribution in [3.05, 3.63) is 21.6 Å². The van der Waals surface area contributed by atoms with Crippen LogP contribution < -0.4 is 16.0 Å². The molecule has 0 saturated heterocycles. The van der Waals surface area contributed by atoms with Gasteiger partial charge in [-0.2, -0.15) is 5.10 Å². The van der Waals surface area contributed by atoms with E-state index in [1.165, 1.54) is 19.3 Å². The first-order chi connectivity index (χ1) is 13.9. The van der Waals surface area contributed by atoms with Gasteiger partial charge in [-0.1, -0.05) is 30.9 Å². The van der Waals surface area contributed by atoms with Crippen LogP contribution >= 0.6 is 11.6 Å². The van der Waals surface area contributed by atoms with Gasteiger partial charge < -0.3 is 15.2 Å². The second-order valence-corrected chi connectivity index (χ2v) is 10.7. The third kappa shape index (κ3) is 3.37. The highest BCUT2D eigenvalue weighted by molar-refractivity contribution is 6.32. The van der Waals surface area contributed by atoms with E-state index in [1.54, 1.807) is 10.9 Å². The molecule has 4 bridgehead atoms. The van der Waals surface area contributed by atoms with Crippen LogP contribution in [0, 0.1) is 17.3 Å². The average molecular weight is 419 g/mol. The molecule has 1 aromatic heterocycles. The summed E-state index contributed by atoms with van der Waals surface area (Å²) in [5.41, 5.74) is -0.258. The number of hydrogen-bond donors (Lipinski definition) is 1. The van der Waals surface area contributed by atoms with Crippen LogP contribution in [0.3, 0.4) is 0 Å². The lowest BCUT2D eigenvalue weighted by Gasteiger charge is -2.62. The van der Waals surface area contributed by atoms with Gasteiger partial charge in [0.25, 0.3) is 5.56 Å². The highest BCUT2D eigenvalue weighted by atomic mass is 35.5. The summed E-state index contributed by atoms with van der Waals surface area (Å²) in [6.07, 6.45) is 13.2. The van der Waals surface area contributed by atoms with Crippen LogP contribution in [-0.2, 0) is 10.3 Å². The molecule has 6 rings (SSSR count). The monoisotopic (exact) mass is 418 g/mol. The summed E-state index contributed by atoms with van der Waals surface area (Å²) in [5.74, 6) is -0.0568. The zero-order valence-electron chi connectivity index (χ0n) is 16.8. The molecule has 158 valence electrons. The summed E-state index contributed by atoms with van der Waals surface area (Å²) in [7, 11) is 0. The number of nitrogens with zero attached hydrogens (tertiary/aromatic N) is 2. The number of rotatable bonds is 5. The van der Waals surface area contributed by atoms with Gasteiger partial charge >= 0.3 is 0 Å². The van der Waals surface area contributed by atoms with Crippen LogP contribution in [0.2, 0.25) is 5.02 Å². The Morgan fingerprint density at radius 3 is 2.55 bits per heavy atom. The molecule has 5 aliphatic rings. The van der Waals surface area contributed by atoms with Gasteiger partial charge in [-0.3, -0.25) is 4.79 Å². The van der Waals surface area contributed by atoms with Crippen molar-refractivity contribution in [3.63, 3.8) is 0 Å². The van der Waals surface area contributed by atoms with E-state index in [9.17, 15) is 14.7 Å². The number of nitrogens with one attached hydrogen (secondary N) is 1. The van der Waals surface area contributed by atoms with Crippen molar-refractivity contribution in [2.75, 3.05) is 5.32 Å². The number of carbonyl (C=O) groups is 1. The van der Waals surface area contributed by atoms with Gasteiger partial charge in [0.15, 0.2) is 0 Å². The molecule has 6 nitrogen and oxygen atoms in total. The number of anilines is 1. The lowest BCUT2D eigenvalue weighted by molar-refractivity contribution is -0.310. The van der Waals surface area contributed by atoms with Crippen LogP contribution in [0.15, 0.2) is 11.0 Å². The Morgan fingerprint density at radius 1 is 1.21 bits per heavy atom. The molecule has 0 amide bonds. The number of aliphatic carboxylic acids is 1. The summed E-state index contributed by atoms with van der Waals surface area (Å²) in [6, 6.07) is 0.351. The summed E-state index contributed by atoms with van der Waals surface area (Å²) in [5, 5.41) is 19.7. The maximum Gasteiger partial charge on any atom is 0.288 e. The molecule has 5 aliphatic carbocycles. The number of carboxylic acid groups (broad SMARTS) is 1. The van der Waals surface area contributed by atoms with Gasteiger partial charge in [0.05, 0.1) is 17.4 Å². The lowest BCUT2D eigenvalue weighted by atomic mass is 9.46. The number of halogens is 1. The van der Waals surface area contributed by atoms with Crippen LogP contribution in [0.4, 0.5) is 5.69 Å². The Kier molecular flexibility index (Phi) is 4.68. The molecule has 0 aliphatic heterocycles. The minimum Gasteiger partial charge on any atom is -0.550 e. The van der Waals surface area contributed by atoms with Crippen LogP contribution in [0.5, 0.6) is 0 Å². The Morgan fingerprint density at radius 2 is 1.90 bits per heavy atom. The minimum atomic E-state index is -0.979. The molecule has 2 unspecified atom stereocenters. The molecule has 1 aromatic rings. The zero-order valence-corrected chi connectivity index (χ0v) is 17.5. The molecule has 0 aromatic carbocycles. The largest absolute Gasteiger partial charge is 0.550 e. The van der Waals surface area contributed by atoms with E-state index in [4.69, 9.17) is 11.6 Å². The molecule has 29 heavy (non-hydrogen) atoms. The van der Waals surface area contributed by atoms with Crippen molar-refractivity contribution in [2.24, 2.45) is 17.3 Å². The molecule has 5 fully saturated rings. The molecule has 1 heterocycles. The van der Waals surface area contributed by atoms with Gasteiger partial charge in [0.2, 0.25) is 0 Å². The first-order valence-corrected chi connectivity index (χ1v) is 11.5. The van der Waals surface area contributed by atoms with Gasteiger partial charge in [-0.25, -0.2) is 4.68 Å². The summed E-state index contributed by atoms with van der Waals surface area (Å²) >= 11 is 6.54. The molecular weight excluding hydrogens is 390 g/mol. The predicted molar refractivity (Wildman–Crippen MR) is 109 cm³/mol. The SMILES string of the molecule is O=C([O-])CC12C[C@H]3C[C@@H](C1)CC(n1ncc(NC4CCCCC4)c(Cl)c1=O)(C3)C2. The number of hydrogen-bond acceptors (Lipinski definition) is 5. The van der Waals surface area contributed by atoms with Crippen LogP contribution in [0.25, 0.3) is 0 Å². The molecule has 4 atom stereocenters. The van der Waals surface area contributed by atoms with E-state index in [-0.39, 0.29) is 22.4 Å². The fraction of sp³-hybridized carbons (Fsp3) is 0.773. The van der Waals surface area contributed by atoms with Gasteiger partial charge in [-0.15, -0.1) is 0 Å². The fourth-order valence-corrected chi connectivity index (χ4v) is 7.68. The van der Waals surface area contributed by atoms with E-state index in [1.807, 2.05) is 0 Å². The van der Waals surface area contributed by atoms with E-state index in [0.29, 0.717) is 30.0 Å². The van der Waals surface area contributed by atoms with Gasteiger partial charge in [0.1, 0.15) is 5.02 Å². The standard InChI is InChI=1S/C22H30ClN3O3/c23-19-17(25-16-4-2-1-3-5-16)12-24-26(20(19)29)22-9-14-6-15(10-22)8-21(7-14,13-22)11-18(27)28/h12,14-16,25H,1-11,13H2,(H,27,28)/p-1/t14-,15+,21?,22?. The molecular formula is C22H29ClN3O3-. The van der Waals surface area contributed by atoms with E-state index in [0.717, 1.165) is 44.9 Å². The molecule has 0 radical (unpaired) electrons. The number of carbonyl (C=O) groups excluding carboxylic acids is 1. The van der Waals surface area contributed by atoms with Crippen molar-refractivity contribution in [2.45, 2.75) is 88.6 Å². The van der Waals surface area contributed by atoms with E-state index >= 15 is 0 Å². The van der Waals surface area contributed by atoms with Crippen LogP contribution in [0.1, 0.15) is 77.0 Å². The normalized spacial score (nSPS) is 36.3. The first-order valence-electron chi connectivity index (χ1n) is 11.1. The first kappa shape index (κ1) is 19.4. The Labute approximate surface area is 176 Å². The van der Waals surface area contributed by atoms with Crippen molar-refractivity contribution in [3.8, 4) is 0 Å². The highest BCUT2D eigenvalue weighted by Gasteiger charge is 2.59. The van der Waals surface area contributed by atoms with Crippen molar-refractivity contribution in [1.82, 2.24) is 9.78 Å². The lowest BCUT2D eigenvalue weighted by Crippen LogP contribution is -2.60. The Bertz CT molecular complexity index is 863. The van der Waals surface area contributed by atoms with E-state index in [2.05, 4.69) is 10.4 Å². The molecule has 5 saturated carbocycles. The van der Waals surface area contributed by atoms with Gasteiger partial charge in [0, 0.05) is 12.0 Å². The van der Waals surface area contributed by atoms with Crippen molar-refractivity contribution in [1.29, 1.82) is 0 Å². The average Bonchev–Trinajstić information content (AvgIpc) is 2.64. The minimum absolute atomic E-state index is 0.0888. The van der Waals surface area contributed by atoms with Crippen molar-refractivity contribution < 1.29 is 9.90 Å². The fourth-order valence-electron chi connectivity index (χ4n) is 7.50. The third-order valence-corrected chi connectivity index (χ3v) is 8.37. The molecule has 7 heteroatoms. The van der Waals surface area contributed by atoms with Gasteiger partial charge in [-0.05, 0) is 75.0 Å². The molecule has 1 N–H and O–H groups in total. The van der Waals surface area contributed by atoms with E-state index < -0.39 is 11.5 Å². The summed E-state index contributed by atoms with van der Waals surface area (Å²) < 4.78 is 1.61. The maximum atomic E-state index is 13.3. The highest BCUT2D eigenvalue weighted by Crippen LogP contribution is 2.64. The van der Waals surface area contributed by atoms with Crippen LogP contribution in [-0.4, -0.2) is 21.8 Å². The Hall–Kier alpha value is -1.56. The second kappa shape index (κ2) is 7.00. The van der Waals surface area contributed by atoms with Crippen molar-refractivity contribution >= 4 is 23.3 Å². The predicted octanol–water partition coefficient (Wildman–Crippen LogP) is 3.08. The third-order valence-electron chi connectivity index (χ3n) is 8.00. The molecule has 0 spiro atoms. The second-order valence-electron chi connectivity index (χ2n) is 10.3. The topological polar surface area (TPSA) is 87.0 Å². The summed E-state index contributed by atoms with van der Waals surface area (Å²) in [6.45, 7) is 0. The Balaban J connectivity index is 1.46. The maximum absolute atomic E-state index is 13.3. The smallest absolute Gasteiger partial charge is 0.288 e. The summed E-state index contributed by atoms with van der Waals surface area (Å²) in [4.78, 5) is 24.7. The quantitative estimate of drug-likeness (QED) is 0.793. The number of aromatic nitrogens is 2. The zero-order chi connectivity index (χ0) is 20.2.